The van der Waals surface area contributed by atoms with Crippen LogP contribution in [0.2, 0.25) is 0 Å². The van der Waals surface area contributed by atoms with Gasteiger partial charge in [0.2, 0.25) is 0 Å². The molecule has 0 heterocycles. The van der Waals surface area contributed by atoms with Crippen LogP contribution in [0.4, 0.5) is 0 Å². The fraction of sp³-hybridized carbons (Fsp3) is 0.655. The molecule has 1 atom stereocenters. The van der Waals surface area contributed by atoms with Crippen LogP contribution in [0.5, 0.6) is 0 Å². The first-order valence-electron chi connectivity index (χ1n) is 13.2. The van der Waals surface area contributed by atoms with Crippen molar-refractivity contribution in [3.63, 3.8) is 0 Å². The summed E-state index contributed by atoms with van der Waals surface area (Å²) in [5, 5.41) is 9.33. The summed E-state index contributed by atoms with van der Waals surface area (Å²) >= 11 is 0. The molecule has 0 spiro atoms. The van der Waals surface area contributed by atoms with Gasteiger partial charge in [0.1, 0.15) is 6.61 Å². The Bertz CT molecular complexity index is 604. The molecule has 1 N–H and O–H groups in total. The van der Waals surface area contributed by atoms with Crippen LogP contribution in [0.1, 0.15) is 104 Å². The number of aliphatic hydroxyl groups excluding tert-OH is 1. The van der Waals surface area contributed by atoms with Crippen molar-refractivity contribution in [2.75, 3.05) is 13.2 Å². The minimum atomic E-state index is -0.792. The summed E-state index contributed by atoms with van der Waals surface area (Å²) in [5.74, 6) is -0.694. The van der Waals surface area contributed by atoms with E-state index in [9.17, 15) is 14.7 Å². The maximum atomic E-state index is 11.9. The van der Waals surface area contributed by atoms with E-state index in [-0.39, 0.29) is 31.6 Å². The van der Waals surface area contributed by atoms with Crippen LogP contribution in [0.15, 0.2) is 48.6 Å². The van der Waals surface area contributed by atoms with E-state index in [2.05, 4.69) is 62.5 Å². The molecule has 0 aromatic heterocycles. The predicted octanol–water partition coefficient (Wildman–Crippen LogP) is 7.16. The van der Waals surface area contributed by atoms with Crippen LogP contribution in [0.25, 0.3) is 0 Å². The lowest BCUT2D eigenvalue weighted by molar-refractivity contribution is -0.161. The summed E-state index contributed by atoms with van der Waals surface area (Å²) in [5.41, 5.74) is 0. The maximum absolute atomic E-state index is 11.9. The van der Waals surface area contributed by atoms with Crippen LogP contribution >= 0.6 is 0 Å². The molecule has 0 aliphatic carbocycles. The Hall–Kier alpha value is -2.14. The van der Waals surface area contributed by atoms with Gasteiger partial charge in [-0.05, 0) is 51.4 Å². The Kier molecular flexibility index (Phi) is 23.9. The van der Waals surface area contributed by atoms with Crippen molar-refractivity contribution in [1.82, 2.24) is 0 Å². The zero-order chi connectivity index (χ0) is 25.1. The predicted molar refractivity (Wildman–Crippen MR) is 140 cm³/mol. The third-order valence-electron chi connectivity index (χ3n) is 5.13. The number of hydrogen-bond donors (Lipinski definition) is 1. The van der Waals surface area contributed by atoms with Crippen LogP contribution in [-0.4, -0.2) is 36.4 Å². The lowest BCUT2D eigenvalue weighted by atomic mass is 10.2. The maximum Gasteiger partial charge on any atom is 0.306 e. The van der Waals surface area contributed by atoms with Gasteiger partial charge in [-0.1, -0.05) is 88.1 Å². The first kappa shape index (κ1) is 31.9. The molecule has 1 unspecified atom stereocenters. The Labute approximate surface area is 208 Å². The van der Waals surface area contributed by atoms with Crippen LogP contribution in [0, 0.1) is 0 Å². The van der Waals surface area contributed by atoms with Gasteiger partial charge in [-0.15, -0.1) is 0 Å². The second kappa shape index (κ2) is 25.5. The van der Waals surface area contributed by atoms with E-state index in [1.54, 1.807) is 0 Å². The van der Waals surface area contributed by atoms with Crippen molar-refractivity contribution >= 4 is 11.9 Å². The second-order valence-corrected chi connectivity index (χ2v) is 8.42. The molecule has 0 saturated heterocycles. The zero-order valence-electron chi connectivity index (χ0n) is 21.6. The summed E-state index contributed by atoms with van der Waals surface area (Å²) in [6.45, 7) is 3.84. The van der Waals surface area contributed by atoms with Crippen molar-refractivity contribution in [3.05, 3.63) is 48.6 Å². The molecule has 0 aromatic carbocycles. The van der Waals surface area contributed by atoms with E-state index in [1.165, 1.54) is 25.7 Å². The minimum Gasteiger partial charge on any atom is -0.462 e. The molecule has 0 radical (unpaired) electrons. The summed E-state index contributed by atoms with van der Waals surface area (Å²) in [6, 6.07) is 0. The number of carbonyl (C=O) groups is 2. The van der Waals surface area contributed by atoms with E-state index in [0.29, 0.717) is 12.8 Å². The molecular weight excluding hydrogens is 428 g/mol. The SMILES string of the molecule is CCCCCC=CCC=CCC=CCC=CCCCC(=O)OC(CO)COC(=O)CCCCC. The fourth-order valence-corrected chi connectivity index (χ4v) is 3.07. The van der Waals surface area contributed by atoms with Crippen molar-refractivity contribution < 1.29 is 24.2 Å². The molecule has 0 aliphatic heterocycles. The van der Waals surface area contributed by atoms with E-state index in [1.807, 2.05) is 0 Å². The third kappa shape index (κ3) is 23.0. The van der Waals surface area contributed by atoms with Crippen molar-refractivity contribution in [1.29, 1.82) is 0 Å². The lowest BCUT2D eigenvalue weighted by Gasteiger charge is -2.15. The largest absolute Gasteiger partial charge is 0.462 e. The Morgan fingerprint density at radius 3 is 1.74 bits per heavy atom. The van der Waals surface area contributed by atoms with Gasteiger partial charge in [0.05, 0.1) is 6.61 Å². The number of carbonyl (C=O) groups excluding carboxylic acids is 2. The number of aliphatic hydroxyl groups is 1. The average Bonchev–Trinajstić information content (AvgIpc) is 2.83. The van der Waals surface area contributed by atoms with Crippen molar-refractivity contribution in [2.24, 2.45) is 0 Å². The van der Waals surface area contributed by atoms with E-state index in [0.717, 1.165) is 44.9 Å². The topological polar surface area (TPSA) is 72.8 Å². The monoisotopic (exact) mass is 476 g/mol. The Morgan fingerprint density at radius 1 is 0.676 bits per heavy atom. The van der Waals surface area contributed by atoms with Gasteiger partial charge < -0.3 is 14.6 Å². The molecule has 0 amide bonds. The van der Waals surface area contributed by atoms with Gasteiger partial charge in [-0.2, -0.15) is 0 Å². The summed E-state index contributed by atoms with van der Waals surface area (Å²) < 4.78 is 10.3. The highest BCUT2D eigenvalue weighted by Gasteiger charge is 2.15. The van der Waals surface area contributed by atoms with Gasteiger partial charge in [0.15, 0.2) is 6.10 Å². The number of rotatable bonds is 22. The Morgan fingerprint density at radius 2 is 1.18 bits per heavy atom. The molecule has 0 aromatic rings. The van der Waals surface area contributed by atoms with Crippen LogP contribution < -0.4 is 0 Å². The van der Waals surface area contributed by atoms with Gasteiger partial charge >= 0.3 is 11.9 Å². The number of allylic oxidation sites excluding steroid dienone is 8. The zero-order valence-corrected chi connectivity index (χ0v) is 21.6. The van der Waals surface area contributed by atoms with E-state index in [4.69, 9.17) is 9.47 Å². The average molecular weight is 477 g/mol. The number of esters is 2. The first-order valence-corrected chi connectivity index (χ1v) is 13.2. The number of unbranched alkanes of at least 4 members (excludes halogenated alkanes) is 6. The highest BCUT2D eigenvalue weighted by atomic mass is 16.6. The van der Waals surface area contributed by atoms with Gasteiger partial charge in [0, 0.05) is 12.8 Å². The summed E-state index contributed by atoms with van der Waals surface area (Å²) in [4.78, 5) is 23.5. The molecule has 0 saturated carbocycles. The van der Waals surface area contributed by atoms with Gasteiger partial charge in [-0.3, -0.25) is 9.59 Å². The molecule has 194 valence electrons. The van der Waals surface area contributed by atoms with Crippen LogP contribution in [-0.2, 0) is 19.1 Å². The summed E-state index contributed by atoms with van der Waals surface area (Å²) in [6.07, 6.45) is 29.4. The first-order chi connectivity index (χ1) is 16.6. The van der Waals surface area contributed by atoms with E-state index < -0.39 is 6.10 Å². The molecule has 0 rings (SSSR count). The highest BCUT2D eigenvalue weighted by molar-refractivity contribution is 5.70. The van der Waals surface area contributed by atoms with Crippen molar-refractivity contribution in [3.8, 4) is 0 Å². The third-order valence-corrected chi connectivity index (χ3v) is 5.13. The van der Waals surface area contributed by atoms with Crippen LogP contribution in [0.3, 0.4) is 0 Å². The fourth-order valence-electron chi connectivity index (χ4n) is 3.07. The van der Waals surface area contributed by atoms with Crippen molar-refractivity contribution in [2.45, 2.75) is 110 Å². The molecule has 34 heavy (non-hydrogen) atoms. The molecule has 5 heteroatoms. The minimum absolute atomic E-state index is 0.0929. The number of ether oxygens (including phenoxy) is 2. The van der Waals surface area contributed by atoms with Gasteiger partial charge in [-0.25, -0.2) is 0 Å². The smallest absolute Gasteiger partial charge is 0.306 e. The molecular formula is C29H48O5. The molecule has 0 bridgehead atoms. The number of hydrogen-bond acceptors (Lipinski definition) is 5. The van der Waals surface area contributed by atoms with Gasteiger partial charge in [0.25, 0.3) is 0 Å². The standard InChI is InChI=1S/C29H48O5/c1-3-5-7-8-9-10-11-12-13-14-15-16-17-18-19-20-22-24-29(32)34-27(25-30)26-33-28(31)23-21-6-4-2/h9-10,12-13,15-16,18-19,27,30H,3-8,11,14,17,20-26H2,1-2H3. The quantitative estimate of drug-likeness (QED) is 0.102. The summed E-state index contributed by atoms with van der Waals surface area (Å²) in [7, 11) is 0. The molecule has 0 aliphatic rings. The second-order valence-electron chi connectivity index (χ2n) is 8.42. The van der Waals surface area contributed by atoms with E-state index >= 15 is 0 Å². The Balaban J connectivity index is 3.75. The molecule has 0 fully saturated rings. The highest BCUT2D eigenvalue weighted by Crippen LogP contribution is 2.05. The lowest BCUT2D eigenvalue weighted by Crippen LogP contribution is -2.28. The normalized spacial score (nSPS) is 12.9. The molecule has 5 nitrogen and oxygen atoms in total.